The second kappa shape index (κ2) is 5.68. The van der Waals surface area contributed by atoms with E-state index in [1.165, 1.54) is 4.90 Å². The summed E-state index contributed by atoms with van der Waals surface area (Å²) < 4.78 is 0. The number of carbonyl (C=O) groups is 3. The van der Waals surface area contributed by atoms with Crippen molar-refractivity contribution in [3.63, 3.8) is 0 Å². The molecule has 0 aromatic heterocycles. The molecule has 7 nitrogen and oxygen atoms in total. The highest BCUT2D eigenvalue weighted by molar-refractivity contribution is 5.86. The number of hydrogen-bond donors (Lipinski definition) is 3. The molecule has 0 radical (unpaired) electrons. The Hall–Kier alpha value is -1.79. The highest BCUT2D eigenvalue weighted by atomic mass is 16.4. The second-order valence-corrected chi connectivity index (χ2v) is 5.68. The lowest BCUT2D eigenvalue weighted by atomic mass is 9.89. The van der Waals surface area contributed by atoms with Gasteiger partial charge in [-0.2, -0.15) is 0 Å². The van der Waals surface area contributed by atoms with Gasteiger partial charge in [-0.3, -0.25) is 4.79 Å². The van der Waals surface area contributed by atoms with E-state index in [0.29, 0.717) is 32.4 Å². The number of urea groups is 1. The summed E-state index contributed by atoms with van der Waals surface area (Å²) in [5.74, 6) is -0.973. The number of nitrogens with zero attached hydrogens (tertiary/aromatic N) is 1. The number of carbonyl (C=O) groups excluding carboxylic acids is 2. The van der Waals surface area contributed by atoms with Crippen molar-refractivity contribution in [2.24, 2.45) is 0 Å². The topological polar surface area (TPSA) is 98.7 Å². The monoisotopic (exact) mass is 283 g/mol. The third-order valence-electron chi connectivity index (χ3n) is 4.18. The van der Waals surface area contributed by atoms with Crippen molar-refractivity contribution in [1.29, 1.82) is 0 Å². The van der Waals surface area contributed by atoms with Crippen LogP contribution in [-0.4, -0.2) is 52.6 Å². The molecule has 2 unspecified atom stereocenters. The van der Waals surface area contributed by atoms with E-state index < -0.39 is 11.5 Å². The highest BCUT2D eigenvalue weighted by Gasteiger charge is 2.44. The normalized spacial score (nSPS) is 29.9. The minimum atomic E-state index is -1.14. The Balaban J connectivity index is 1.93. The Morgan fingerprint density at radius 1 is 1.50 bits per heavy atom. The number of rotatable bonds is 3. The van der Waals surface area contributed by atoms with Crippen molar-refractivity contribution in [3.8, 4) is 0 Å². The minimum absolute atomic E-state index is 0.00223. The van der Waals surface area contributed by atoms with Gasteiger partial charge in [0.1, 0.15) is 5.54 Å². The van der Waals surface area contributed by atoms with Crippen molar-refractivity contribution in [3.05, 3.63) is 0 Å². The van der Waals surface area contributed by atoms with Crippen LogP contribution in [0.15, 0.2) is 0 Å². The van der Waals surface area contributed by atoms with Crippen LogP contribution in [0.3, 0.4) is 0 Å². The molecule has 3 amide bonds. The van der Waals surface area contributed by atoms with Gasteiger partial charge in [0, 0.05) is 25.6 Å². The number of hydrogen-bond acceptors (Lipinski definition) is 3. The van der Waals surface area contributed by atoms with Gasteiger partial charge in [-0.25, -0.2) is 9.59 Å². The Kier molecular flexibility index (Phi) is 4.15. The zero-order valence-electron chi connectivity index (χ0n) is 11.6. The molecule has 0 spiro atoms. The lowest BCUT2D eigenvalue weighted by Gasteiger charge is -2.41. The maximum atomic E-state index is 12.2. The number of piperidine rings is 1. The number of amides is 3. The van der Waals surface area contributed by atoms with E-state index in [1.54, 1.807) is 6.92 Å². The molecule has 2 aliphatic heterocycles. The summed E-state index contributed by atoms with van der Waals surface area (Å²) in [6.45, 7) is 2.38. The molecule has 0 aromatic rings. The van der Waals surface area contributed by atoms with Crippen molar-refractivity contribution < 1.29 is 19.5 Å². The molecule has 2 atom stereocenters. The van der Waals surface area contributed by atoms with E-state index in [4.69, 9.17) is 0 Å². The van der Waals surface area contributed by atoms with Crippen molar-refractivity contribution in [2.45, 2.75) is 50.6 Å². The lowest BCUT2D eigenvalue weighted by molar-refractivity contribution is -0.150. The molecule has 0 aromatic carbocycles. The quantitative estimate of drug-likeness (QED) is 0.694. The number of likely N-dealkylation sites (tertiary alicyclic amines) is 1. The fourth-order valence-corrected chi connectivity index (χ4v) is 2.81. The fraction of sp³-hybridized carbons (Fsp3) is 0.769. The summed E-state index contributed by atoms with van der Waals surface area (Å²) in [7, 11) is 0. The molecule has 2 fully saturated rings. The highest BCUT2D eigenvalue weighted by Crippen LogP contribution is 2.28. The third kappa shape index (κ3) is 2.86. The Labute approximate surface area is 117 Å². The van der Waals surface area contributed by atoms with Crippen LogP contribution >= 0.6 is 0 Å². The Morgan fingerprint density at radius 2 is 2.25 bits per heavy atom. The van der Waals surface area contributed by atoms with Crippen LogP contribution in [0.1, 0.15) is 39.0 Å². The molecule has 2 saturated heterocycles. The van der Waals surface area contributed by atoms with Crippen LogP contribution in [0, 0.1) is 0 Å². The summed E-state index contributed by atoms with van der Waals surface area (Å²) in [4.78, 5) is 36.1. The average Bonchev–Trinajstić information content (AvgIpc) is 2.82. The molecule has 0 aliphatic carbocycles. The van der Waals surface area contributed by atoms with E-state index in [-0.39, 0.29) is 18.0 Å². The molecule has 112 valence electrons. The van der Waals surface area contributed by atoms with Crippen molar-refractivity contribution >= 4 is 17.9 Å². The zero-order valence-corrected chi connectivity index (χ0v) is 11.6. The van der Waals surface area contributed by atoms with Crippen LogP contribution in [0.5, 0.6) is 0 Å². The number of carboxylic acid groups (broad SMARTS) is 1. The van der Waals surface area contributed by atoms with Gasteiger partial charge in [-0.15, -0.1) is 0 Å². The molecular weight excluding hydrogens is 262 g/mol. The van der Waals surface area contributed by atoms with E-state index in [2.05, 4.69) is 10.6 Å². The van der Waals surface area contributed by atoms with Gasteiger partial charge >= 0.3 is 12.0 Å². The largest absolute Gasteiger partial charge is 0.480 e. The summed E-state index contributed by atoms with van der Waals surface area (Å²) in [5, 5.41) is 14.9. The lowest BCUT2D eigenvalue weighted by Crippen LogP contribution is -2.60. The summed E-state index contributed by atoms with van der Waals surface area (Å²) in [6, 6.07) is -0.414. The van der Waals surface area contributed by atoms with Crippen LogP contribution in [0.4, 0.5) is 4.79 Å². The smallest absolute Gasteiger partial charge is 0.329 e. The van der Waals surface area contributed by atoms with Gasteiger partial charge in [0.05, 0.1) is 0 Å². The second-order valence-electron chi connectivity index (χ2n) is 5.68. The van der Waals surface area contributed by atoms with Crippen molar-refractivity contribution in [2.75, 3.05) is 13.1 Å². The van der Waals surface area contributed by atoms with Crippen LogP contribution < -0.4 is 10.6 Å². The Morgan fingerprint density at radius 3 is 2.85 bits per heavy atom. The zero-order chi connectivity index (χ0) is 14.8. The van der Waals surface area contributed by atoms with Gasteiger partial charge in [0.25, 0.3) is 0 Å². The van der Waals surface area contributed by atoms with E-state index in [9.17, 15) is 19.5 Å². The van der Waals surface area contributed by atoms with E-state index in [0.717, 1.165) is 12.8 Å². The molecule has 2 heterocycles. The fourth-order valence-electron chi connectivity index (χ4n) is 2.81. The van der Waals surface area contributed by atoms with Gasteiger partial charge in [0.15, 0.2) is 0 Å². The van der Waals surface area contributed by atoms with Gasteiger partial charge in [-0.1, -0.05) is 0 Å². The van der Waals surface area contributed by atoms with Crippen LogP contribution in [-0.2, 0) is 9.59 Å². The summed E-state index contributed by atoms with van der Waals surface area (Å²) in [6.07, 6.45) is 3.28. The molecule has 2 rings (SSSR count). The molecule has 2 aliphatic rings. The predicted octanol–water partition coefficient (Wildman–Crippen LogP) is 0.304. The van der Waals surface area contributed by atoms with Crippen molar-refractivity contribution in [1.82, 2.24) is 15.5 Å². The molecule has 20 heavy (non-hydrogen) atoms. The van der Waals surface area contributed by atoms with E-state index in [1.807, 2.05) is 0 Å². The maximum Gasteiger partial charge on any atom is 0.329 e. The van der Waals surface area contributed by atoms with Gasteiger partial charge in [-0.05, 0) is 32.6 Å². The first-order valence-corrected chi connectivity index (χ1v) is 7.02. The first-order chi connectivity index (χ1) is 9.43. The molecule has 3 N–H and O–H groups in total. The van der Waals surface area contributed by atoms with Crippen LogP contribution in [0.2, 0.25) is 0 Å². The maximum absolute atomic E-state index is 12.2. The van der Waals surface area contributed by atoms with Gasteiger partial charge in [0.2, 0.25) is 5.91 Å². The first-order valence-electron chi connectivity index (χ1n) is 7.02. The minimum Gasteiger partial charge on any atom is -0.480 e. The average molecular weight is 283 g/mol. The molecule has 7 heteroatoms. The number of aliphatic carboxylic acids is 1. The third-order valence-corrected chi connectivity index (χ3v) is 4.18. The predicted molar refractivity (Wildman–Crippen MR) is 71.2 cm³/mol. The molecule has 0 bridgehead atoms. The SMILES string of the molecule is CC1(C(=O)O)CCCCN1C(=O)NCC1CCC(=O)N1. The summed E-state index contributed by atoms with van der Waals surface area (Å²) in [5.41, 5.74) is -1.14. The van der Waals surface area contributed by atoms with Crippen LogP contribution in [0.25, 0.3) is 0 Å². The molecular formula is C13H21N3O4. The number of nitrogens with one attached hydrogen (secondary N) is 2. The summed E-state index contributed by atoms with van der Waals surface area (Å²) >= 11 is 0. The Bertz CT molecular complexity index is 426. The standard InChI is InChI=1S/C13H21N3O4/c1-13(11(18)19)6-2-3-7-16(13)12(20)14-8-9-4-5-10(17)15-9/h9H,2-8H2,1H3,(H,14,20)(H,15,17)(H,18,19). The van der Waals surface area contributed by atoms with Gasteiger partial charge < -0.3 is 20.6 Å². The van der Waals surface area contributed by atoms with E-state index >= 15 is 0 Å². The number of carboxylic acids is 1. The molecule has 0 saturated carbocycles. The first kappa shape index (κ1) is 14.6.